The molecule has 4 unspecified atom stereocenters. The highest BCUT2D eigenvalue weighted by Crippen LogP contribution is 2.68. The number of fused-ring (bicyclic) bond motifs is 5. The highest BCUT2D eigenvalue weighted by atomic mass is 32.2. The summed E-state index contributed by atoms with van der Waals surface area (Å²) in [5.74, 6) is 6.07. The molecule has 1 N–H and O–H groups in total. The maximum absolute atomic E-state index is 11.8. The van der Waals surface area contributed by atoms with Gasteiger partial charge >= 0.3 is 0 Å². The monoisotopic (exact) mass is 465 g/mol. The highest BCUT2D eigenvalue weighted by molar-refractivity contribution is 7.88. The van der Waals surface area contributed by atoms with Gasteiger partial charge in [0.2, 0.25) is 10.0 Å². The molecular weight excluding hydrogens is 414 g/mol. The van der Waals surface area contributed by atoms with E-state index in [1.54, 1.807) is 0 Å². The molecular formula is C28H51NO2S. The molecule has 0 bridgehead atoms. The lowest BCUT2D eigenvalue weighted by atomic mass is 9.44. The molecule has 0 spiro atoms. The van der Waals surface area contributed by atoms with Gasteiger partial charge in [-0.2, -0.15) is 0 Å². The van der Waals surface area contributed by atoms with Gasteiger partial charge in [0, 0.05) is 6.04 Å². The Labute approximate surface area is 199 Å². The van der Waals surface area contributed by atoms with E-state index < -0.39 is 10.0 Å². The Morgan fingerprint density at radius 1 is 0.875 bits per heavy atom. The topological polar surface area (TPSA) is 46.2 Å². The second-order valence-corrected chi connectivity index (χ2v) is 15.3. The van der Waals surface area contributed by atoms with Gasteiger partial charge in [-0.3, -0.25) is 0 Å². The Bertz CT molecular complexity index is 763. The first-order valence-electron chi connectivity index (χ1n) is 13.9. The Balaban J connectivity index is 1.43. The van der Waals surface area contributed by atoms with Gasteiger partial charge in [0.1, 0.15) is 0 Å². The van der Waals surface area contributed by atoms with Crippen LogP contribution in [0, 0.1) is 52.3 Å². The summed E-state index contributed by atoms with van der Waals surface area (Å²) in [6.45, 7) is 12.6. The second kappa shape index (κ2) is 9.17. The number of sulfonamides is 1. The Hall–Kier alpha value is -0.0900. The minimum absolute atomic E-state index is 0.163. The summed E-state index contributed by atoms with van der Waals surface area (Å²) in [6, 6.07) is 0.163. The molecule has 0 aromatic carbocycles. The van der Waals surface area contributed by atoms with E-state index in [1.807, 2.05) is 0 Å². The van der Waals surface area contributed by atoms with Crippen molar-refractivity contribution in [1.29, 1.82) is 0 Å². The Morgan fingerprint density at radius 2 is 1.56 bits per heavy atom. The zero-order valence-electron chi connectivity index (χ0n) is 21.8. The van der Waals surface area contributed by atoms with Crippen molar-refractivity contribution < 1.29 is 8.42 Å². The van der Waals surface area contributed by atoms with E-state index in [0.717, 1.165) is 48.3 Å². The minimum Gasteiger partial charge on any atom is -0.213 e. The third-order valence-electron chi connectivity index (χ3n) is 11.2. The third kappa shape index (κ3) is 4.70. The average Bonchev–Trinajstić information content (AvgIpc) is 3.04. The van der Waals surface area contributed by atoms with E-state index in [9.17, 15) is 8.42 Å². The molecule has 0 aliphatic heterocycles. The van der Waals surface area contributed by atoms with Crippen molar-refractivity contribution in [3.63, 3.8) is 0 Å². The van der Waals surface area contributed by atoms with Crippen LogP contribution in [0.2, 0.25) is 0 Å². The van der Waals surface area contributed by atoms with Crippen molar-refractivity contribution in [2.24, 2.45) is 52.3 Å². The summed E-state index contributed by atoms with van der Waals surface area (Å²) in [6.07, 6.45) is 17.3. The summed E-state index contributed by atoms with van der Waals surface area (Å²) in [5.41, 5.74) is 0.998. The van der Waals surface area contributed by atoms with Crippen LogP contribution in [0.4, 0.5) is 0 Å². The van der Waals surface area contributed by atoms with Crippen molar-refractivity contribution >= 4 is 10.0 Å². The molecule has 4 aliphatic carbocycles. The summed E-state index contributed by atoms with van der Waals surface area (Å²) in [7, 11) is -3.10. The summed E-state index contributed by atoms with van der Waals surface area (Å²) in [4.78, 5) is 0. The summed E-state index contributed by atoms with van der Waals surface area (Å²) in [5, 5.41) is 0. The molecule has 0 radical (unpaired) electrons. The molecule has 4 fully saturated rings. The summed E-state index contributed by atoms with van der Waals surface area (Å²) < 4.78 is 26.5. The summed E-state index contributed by atoms with van der Waals surface area (Å²) >= 11 is 0. The minimum atomic E-state index is -3.10. The normalized spacial score (nSPS) is 45.2. The molecule has 3 nitrogen and oxygen atoms in total. The maximum Gasteiger partial charge on any atom is 0.208 e. The number of hydrogen-bond donors (Lipinski definition) is 1. The van der Waals surface area contributed by atoms with Gasteiger partial charge in [-0.1, -0.05) is 53.9 Å². The van der Waals surface area contributed by atoms with Gasteiger partial charge < -0.3 is 0 Å². The number of rotatable bonds is 7. The molecule has 186 valence electrons. The Kier molecular flexibility index (Phi) is 7.17. The lowest BCUT2D eigenvalue weighted by Crippen LogP contribution is -2.55. The van der Waals surface area contributed by atoms with Crippen LogP contribution in [0.1, 0.15) is 112 Å². The van der Waals surface area contributed by atoms with Crippen LogP contribution in [0.5, 0.6) is 0 Å². The van der Waals surface area contributed by atoms with Gasteiger partial charge in [-0.25, -0.2) is 13.1 Å². The average molecular weight is 466 g/mol. The van der Waals surface area contributed by atoms with E-state index in [1.165, 1.54) is 70.5 Å². The maximum atomic E-state index is 11.8. The van der Waals surface area contributed by atoms with Crippen LogP contribution in [-0.2, 0) is 10.0 Å². The lowest BCUT2D eigenvalue weighted by molar-refractivity contribution is -0.117. The van der Waals surface area contributed by atoms with E-state index in [0.29, 0.717) is 16.7 Å². The van der Waals surface area contributed by atoms with Crippen LogP contribution >= 0.6 is 0 Å². The van der Waals surface area contributed by atoms with Gasteiger partial charge in [0.15, 0.2) is 0 Å². The fourth-order valence-corrected chi connectivity index (χ4v) is 10.5. The molecule has 0 aromatic heterocycles. The van der Waals surface area contributed by atoms with Crippen molar-refractivity contribution in [3.05, 3.63) is 0 Å². The molecule has 9 atom stereocenters. The van der Waals surface area contributed by atoms with E-state index >= 15 is 0 Å². The molecule has 0 saturated heterocycles. The molecule has 0 amide bonds. The second-order valence-electron chi connectivity index (χ2n) is 13.5. The molecule has 4 saturated carbocycles. The first kappa shape index (κ1) is 25.0. The Morgan fingerprint density at radius 3 is 2.25 bits per heavy atom. The van der Waals surface area contributed by atoms with Gasteiger partial charge in [-0.15, -0.1) is 0 Å². The van der Waals surface area contributed by atoms with Crippen LogP contribution in [0.3, 0.4) is 0 Å². The largest absolute Gasteiger partial charge is 0.213 e. The first-order valence-corrected chi connectivity index (χ1v) is 15.8. The van der Waals surface area contributed by atoms with Crippen LogP contribution in [0.25, 0.3) is 0 Å². The van der Waals surface area contributed by atoms with E-state index in [2.05, 4.69) is 39.3 Å². The SMILES string of the molecule is CC(C)CCC[C@@H](C)C1CCC2[C@@H]3CCC4C[C@@H](NS(C)(=O)=O)CC[C@]4(C)C3CC[C@@]21C. The van der Waals surface area contributed by atoms with Crippen LogP contribution in [-0.4, -0.2) is 20.7 Å². The molecule has 32 heavy (non-hydrogen) atoms. The fraction of sp³-hybridized carbons (Fsp3) is 1.00. The number of nitrogens with one attached hydrogen (secondary N) is 1. The molecule has 4 aliphatic rings. The van der Waals surface area contributed by atoms with Gasteiger partial charge in [0.25, 0.3) is 0 Å². The predicted molar refractivity (Wildman–Crippen MR) is 135 cm³/mol. The lowest BCUT2D eigenvalue weighted by Gasteiger charge is -2.61. The first-order chi connectivity index (χ1) is 14.9. The number of hydrogen-bond acceptors (Lipinski definition) is 2. The zero-order valence-corrected chi connectivity index (χ0v) is 22.6. The smallest absolute Gasteiger partial charge is 0.208 e. The quantitative estimate of drug-likeness (QED) is 0.439. The van der Waals surface area contributed by atoms with Crippen molar-refractivity contribution in [2.75, 3.05) is 6.26 Å². The molecule has 0 aromatic rings. The van der Waals surface area contributed by atoms with Gasteiger partial charge in [-0.05, 0) is 110 Å². The third-order valence-corrected chi connectivity index (χ3v) is 12.0. The standard InChI is InChI=1S/C28H51NO2S/c1-19(2)8-7-9-20(3)24-12-13-25-23-11-10-21-18-22(29-32(6,30)31)14-16-27(21,4)26(23)15-17-28(24,25)5/h19-26,29H,7-18H2,1-6H3/t20-,21?,22+,23+,24?,25?,26?,27+,28-/m1/s1. The van der Waals surface area contributed by atoms with Crippen molar-refractivity contribution in [1.82, 2.24) is 4.72 Å². The van der Waals surface area contributed by atoms with Gasteiger partial charge in [0.05, 0.1) is 6.26 Å². The van der Waals surface area contributed by atoms with Crippen LogP contribution < -0.4 is 4.72 Å². The van der Waals surface area contributed by atoms with Crippen molar-refractivity contribution in [3.8, 4) is 0 Å². The highest BCUT2D eigenvalue weighted by Gasteiger charge is 2.60. The molecule has 0 heterocycles. The molecule has 4 heteroatoms. The zero-order chi connectivity index (χ0) is 23.3. The van der Waals surface area contributed by atoms with E-state index in [4.69, 9.17) is 0 Å². The predicted octanol–water partition coefficient (Wildman–Crippen LogP) is 7.03. The van der Waals surface area contributed by atoms with Crippen LogP contribution in [0.15, 0.2) is 0 Å². The van der Waals surface area contributed by atoms with E-state index in [-0.39, 0.29) is 6.04 Å². The van der Waals surface area contributed by atoms with Crippen molar-refractivity contribution in [2.45, 2.75) is 118 Å². The molecule has 4 rings (SSSR count). The fourth-order valence-electron chi connectivity index (χ4n) is 9.69.